The number of rotatable bonds is 0. The summed E-state index contributed by atoms with van der Waals surface area (Å²) in [4.78, 5) is 10.9. The molecule has 10 heavy (non-hydrogen) atoms. The lowest BCUT2D eigenvalue weighted by Crippen LogP contribution is -2.15. The van der Waals surface area contributed by atoms with Crippen molar-refractivity contribution in [2.75, 3.05) is 0 Å². The Hall–Kier alpha value is -0.160. The number of nitrogens with one attached hydrogen (secondary N) is 1. The summed E-state index contributed by atoms with van der Waals surface area (Å²) in [6, 6.07) is 0. The van der Waals surface area contributed by atoms with Gasteiger partial charge in [0, 0.05) is 0 Å². The van der Waals surface area contributed by atoms with Crippen LogP contribution in [-0.4, -0.2) is 11.5 Å². The molecule has 1 N–H and O–H groups in total. The van der Waals surface area contributed by atoms with Crippen molar-refractivity contribution in [3.05, 3.63) is 20.8 Å². The molecule has 0 fully saturated rings. The van der Waals surface area contributed by atoms with Gasteiger partial charge < -0.3 is 0 Å². The molecule has 0 aliphatic heterocycles. The van der Waals surface area contributed by atoms with E-state index in [4.69, 9.17) is 17.0 Å². The molecular weight excluding hydrogens is 264 g/mol. The lowest BCUT2D eigenvalue weighted by molar-refractivity contribution is -0.109. The van der Waals surface area contributed by atoms with Gasteiger partial charge in [0.05, 0.1) is 8.61 Å². The summed E-state index contributed by atoms with van der Waals surface area (Å²) < 4.78 is 0.534. The van der Waals surface area contributed by atoms with Crippen molar-refractivity contribution in [2.45, 2.75) is 0 Å². The van der Waals surface area contributed by atoms with Gasteiger partial charge in [0.25, 0.3) is 0 Å². The summed E-state index contributed by atoms with van der Waals surface area (Å²) in [6.45, 7) is 0. The van der Waals surface area contributed by atoms with Gasteiger partial charge in [-0.15, -0.1) is 0 Å². The second-order valence-electron chi connectivity index (χ2n) is 1.73. The molecule has 0 spiro atoms. The molecule has 0 bridgehead atoms. The lowest BCUT2D eigenvalue weighted by atomic mass is 10.1. The molecule has 2 nitrogen and oxygen atoms in total. The van der Waals surface area contributed by atoms with Crippen LogP contribution in [0, 0.1) is 5.41 Å². The van der Waals surface area contributed by atoms with Crippen molar-refractivity contribution in [1.29, 1.82) is 5.41 Å². The van der Waals surface area contributed by atoms with Gasteiger partial charge in [-0.25, -0.2) is 0 Å². The minimum Gasteiger partial charge on any atom is -0.296 e. The molecule has 0 atom stereocenters. The molecule has 52 valence electrons. The fourth-order valence-electron chi connectivity index (χ4n) is 0.533. The third kappa shape index (κ3) is 1.29. The van der Waals surface area contributed by atoms with E-state index in [0.29, 0.717) is 3.58 Å². The van der Waals surface area contributed by atoms with Gasteiger partial charge >= 0.3 is 0 Å². The smallest absolute Gasteiger partial charge is 0.218 e. The van der Waals surface area contributed by atoms with Crippen LogP contribution in [0.4, 0.5) is 0 Å². The number of carbonyl (C=O) groups is 1. The first-order valence-corrected chi connectivity index (χ1v) is 3.95. The van der Waals surface area contributed by atoms with Crippen LogP contribution in [-0.2, 0) is 4.79 Å². The van der Waals surface area contributed by atoms with Gasteiger partial charge in [-0.3, -0.25) is 10.2 Å². The summed E-state index contributed by atoms with van der Waals surface area (Å²) in [5.74, 6) is -0.298. The van der Waals surface area contributed by atoms with Gasteiger partial charge in [-0.2, -0.15) is 0 Å². The summed E-state index contributed by atoms with van der Waals surface area (Å²) in [5.41, 5.74) is -0.117. The molecule has 0 amide bonds. The largest absolute Gasteiger partial charge is 0.296 e. The van der Waals surface area contributed by atoms with E-state index in [2.05, 4.69) is 0 Å². The van der Waals surface area contributed by atoms with Crippen LogP contribution in [0.3, 0.4) is 0 Å². The highest BCUT2D eigenvalue weighted by Gasteiger charge is 2.18. The lowest BCUT2D eigenvalue weighted by Gasteiger charge is -2.03. The molecular formula is C6H3ClINO. The minimum atomic E-state index is -0.298. The Kier molecular flexibility index (Phi) is 2.25. The van der Waals surface area contributed by atoms with E-state index in [1.54, 1.807) is 12.2 Å². The summed E-state index contributed by atoms with van der Waals surface area (Å²) in [7, 11) is 0. The zero-order chi connectivity index (χ0) is 7.72. The summed E-state index contributed by atoms with van der Waals surface area (Å²) in [6.07, 6.45) is 3.15. The highest BCUT2D eigenvalue weighted by molar-refractivity contribution is 14.1. The SMILES string of the molecule is N=C1C(=O)C(I)=CC=C1Cl. The first-order chi connectivity index (χ1) is 4.63. The summed E-state index contributed by atoms with van der Waals surface area (Å²) in [5, 5.41) is 7.35. The van der Waals surface area contributed by atoms with E-state index >= 15 is 0 Å². The molecule has 0 saturated carbocycles. The van der Waals surface area contributed by atoms with Crippen molar-refractivity contribution in [2.24, 2.45) is 0 Å². The van der Waals surface area contributed by atoms with E-state index in [0.717, 1.165) is 0 Å². The van der Waals surface area contributed by atoms with Gasteiger partial charge in [0.15, 0.2) is 0 Å². The second kappa shape index (κ2) is 2.84. The number of allylic oxidation sites excluding steroid dienone is 4. The topological polar surface area (TPSA) is 40.9 Å². The van der Waals surface area contributed by atoms with Crippen LogP contribution in [0.15, 0.2) is 20.8 Å². The third-order valence-electron chi connectivity index (χ3n) is 1.06. The van der Waals surface area contributed by atoms with E-state index in [-0.39, 0.29) is 16.5 Å². The van der Waals surface area contributed by atoms with Gasteiger partial charge in [0.1, 0.15) is 5.71 Å². The first-order valence-electron chi connectivity index (χ1n) is 2.49. The third-order valence-corrected chi connectivity index (χ3v) is 2.22. The van der Waals surface area contributed by atoms with Crippen LogP contribution in [0.1, 0.15) is 0 Å². The Labute approximate surface area is 76.6 Å². The molecule has 1 aliphatic carbocycles. The molecule has 0 aromatic carbocycles. The maximum atomic E-state index is 10.9. The number of Topliss-reactive ketones (excluding diaryl/α,β-unsaturated/α-hetero) is 1. The number of hydrogen-bond donors (Lipinski definition) is 1. The van der Waals surface area contributed by atoms with E-state index < -0.39 is 0 Å². The van der Waals surface area contributed by atoms with Gasteiger partial charge in [0.2, 0.25) is 5.78 Å². The van der Waals surface area contributed by atoms with Gasteiger partial charge in [-0.1, -0.05) is 11.6 Å². The minimum absolute atomic E-state index is 0.117. The van der Waals surface area contributed by atoms with Crippen molar-refractivity contribution in [3.8, 4) is 0 Å². The molecule has 1 rings (SSSR count). The maximum Gasteiger partial charge on any atom is 0.218 e. The number of ketones is 1. The Morgan fingerprint density at radius 2 is 2.10 bits per heavy atom. The highest BCUT2D eigenvalue weighted by Crippen LogP contribution is 2.19. The molecule has 0 saturated heterocycles. The molecule has 0 radical (unpaired) electrons. The van der Waals surface area contributed by atoms with Crippen LogP contribution in [0.25, 0.3) is 0 Å². The maximum absolute atomic E-state index is 10.9. The Morgan fingerprint density at radius 1 is 1.50 bits per heavy atom. The van der Waals surface area contributed by atoms with Crippen LogP contribution in [0.5, 0.6) is 0 Å². The standard InChI is InChI=1S/C6H3ClINO/c7-3-1-2-4(8)6(10)5(3)9/h1-2,9H. The average Bonchev–Trinajstić information content (AvgIpc) is 1.93. The average molecular weight is 267 g/mol. The predicted molar refractivity (Wildman–Crippen MR) is 48.8 cm³/mol. The Balaban J connectivity index is 3.09. The van der Waals surface area contributed by atoms with E-state index in [1.807, 2.05) is 22.6 Å². The van der Waals surface area contributed by atoms with Gasteiger partial charge in [-0.05, 0) is 34.7 Å². The van der Waals surface area contributed by atoms with Crippen LogP contribution in [0.2, 0.25) is 0 Å². The molecule has 1 aliphatic rings. The molecule has 4 heteroatoms. The number of hydrogen-bond acceptors (Lipinski definition) is 2. The fourth-order valence-corrected chi connectivity index (χ4v) is 1.13. The summed E-state index contributed by atoms with van der Waals surface area (Å²) >= 11 is 7.37. The van der Waals surface area contributed by atoms with Crippen molar-refractivity contribution < 1.29 is 4.79 Å². The normalized spacial score (nSPS) is 18.6. The number of halogens is 2. The Bertz CT molecular complexity index is 231. The quantitative estimate of drug-likeness (QED) is 0.529. The van der Waals surface area contributed by atoms with Crippen LogP contribution < -0.4 is 0 Å². The zero-order valence-corrected chi connectivity index (χ0v) is 7.73. The predicted octanol–water partition coefficient (Wildman–Crippen LogP) is 2.03. The first kappa shape index (κ1) is 7.94. The molecule has 0 aromatic heterocycles. The zero-order valence-electron chi connectivity index (χ0n) is 4.82. The number of carbonyl (C=O) groups excluding carboxylic acids is 1. The molecule has 0 unspecified atom stereocenters. The van der Waals surface area contributed by atoms with Crippen LogP contribution >= 0.6 is 34.2 Å². The van der Waals surface area contributed by atoms with Crippen molar-refractivity contribution in [1.82, 2.24) is 0 Å². The van der Waals surface area contributed by atoms with Crippen molar-refractivity contribution in [3.63, 3.8) is 0 Å². The van der Waals surface area contributed by atoms with Crippen molar-refractivity contribution >= 4 is 45.7 Å². The van der Waals surface area contributed by atoms with E-state index in [1.165, 1.54) is 0 Å². The highest BCUT2D eigenvalue weighted by atomic mass is 127. The van der Waals surface area contributed by atoms with E-state index in [9.17, 15) is 4.79 Å². The fraction of sp³-hybridized carbons (Fsp3) is 0. The molecule has 0 aromatic rings. The Morgan fingerprint density at radius 3 is 2.60 bits per heavy atom. The molecule has 0 heterocycles. The monoisotopic (exact) mass is 267 g/mol. The second-order valence-corrected chi connectivity index (χ2v) is 3.30.